The molecule has 0 aliphatic carbocycles. The highest BCUT2D eigenvalue weighted by Crippen LogP contribution is 2.35. The molecule has 0 radical (unpaired) electrons. The van der Waals surface area contributed by atoms with Crippen molar-refractivity contribution in [3.8, 4) is 0 Å². The van der Waals surface area contributed by atoms with Gasteiger partial charge in [0.25, 0.3) is 5.91 Å². The Kier molecular flexibility index (Phi) is 9.65. The van der Waals surface area contributed by atoms with E-state index in [2.05, 4.69) is 34.5 Å². The summed E-state index contributed by atoms with van der Waals surface area (Å²) in [5.74, 6) is -0.0710. The minimum absolute atomic E-state index is 0.101. The molecule has 4 N–H and O–H groups in total. The molecule has 1 aliphatic heterocycles. The zero-order valence-electron chi connectivity index (χ0n) is 21.8. The lowest BCUT2D eigenvalue weighted by atomic mass is 9.82. The summed E-state index contributed by atoms with van der Waals surface area (Å²) in [4.78, 5) is 39.6. The number of carbonyl (C=O) groups excluding carboxylic acids is 3. The van der Waals surface area contributed by atoms with Crippen LogP contribution in [0.2, 0.25) is 0 Å². The van der Waals surface area contributed by atoms with Crippen LogP contribution in [-0.4, -0.2) is 55.0 Å². The maximum Gasteiger partial charge on any atom is 0.407 e. The molecular weight excluding hydrogens is 470 g/mol. The van der Waals surface area contributed by atoms with Crippen LogP contribution in [0, 0.1) is 11.3 Å². The molecule has 0 aromatic heterocycles. The summed E-state index contributed by atoms with van der Waals surface area (Å²) in [6, 6.07) is 18.2. The topological polar surface area (TPSA) is 124 Å². The summed E-state index contributed by atoms with van der Waals surface area (Å²) < 4.78 is 4.67. The van der Waals surface area contributed by atoms with Crippen LogP contribution in [0.3, 0.4) is 0 Å². The number of carbonyl (C=O) groups is 3. The van der Waals surface area contributed by atoms with Gasteiger partial charge in [-0.05, 0) is 36.3 Å². The molecule has 0 saturated carbocycles. The summed E-state index contributed by atoms with van der Waals surface area (Å²) >= 11 is 0. The van der Waals surface area contributed by atoms with Gasteiger partial charge in [-0.25, -0.2) is 4.79 Å². The molecule has 2 aromatic rings. The highest BCUT2D eigenvalue weighted by molar-refractivity contribution is 6.08. The SMILES string of the molecule is COC(=O)N[C@@H](Cc1ccccc1)C(=O)NCCCCN1C(=N)N[C@](CC(C)C)(c2ccccc2)C1=O. The normalized spacial score (nSPS) is 17.9. The molecule has 1 fully saturated rings. The molecule has 2 aromatic carbocycles. The number of hydrogen-bond acceptors (Lipinski definition) is 5. The average molecular weight is 508 g/mol. The lowest BCUT2D eigenvalue weighted by molar-refractivity contribution is -0.132. The van der Waals surface area contributed by atoms with Crippen LogP contribution in [-0.2, 0) is 26.3 Å². The van der Waals surface area contributed by atoms with Crippen molar-refractivity contribution in [2.24, 2.45) is 5.92 Å². The van der Waals surface area contributed by atoms with Crippen molar-refractivity contribution in [1.29, 1.82) is 5.41 Å². The number of nitrogens with one attached hydrogen (secondary N) is 4. The van der Waals surface area contributed by atoms with Crippen molar-refractivity contribution in [3.05, 3.63) is 71.8 Å². The van der Waals surface area contributed by atoms with Crippen molar-refractivity contribution < 1.29 is 19.1 Å². The van der Waals surface area contributed by atoms with Crippen molar-refractivity contribution in [2.75, 3.05) is 20.2 Å². The molecular formula is C28H37N5O4. The quantitative estimate of drug-likeness (QED) is 0.329. The number of ether oxygens (including phenoxy) is 1. The number of methoxy groups -OCH3 is 1. The molecule has 1 heterocycles. The fraction of sp³-hybridized carbons (Fsp3) is 0.429. The third kappa shape index (κ3) is 7.09. The number of amides is 3. The molecule has 0 bridgehead atoms. The number of unbranched alkanes of at least 4 members (excludes halogenated alkanes) is 1. The highest BCUT2D eigenvalue weighted by atomic mass is 16.5. The smallest absolute Gasteiger partial charge is 0.407 e. The van der Waals surface area contributed by atoms with E-state index in [1.807, 2.05) is 60.7 Å². The van der Waals surface area contributed by atoms with Gasteiger partial charge in [0.2, 0.25) is 5.91 Å². The minimum atomic E-state index is -0.940. The largest absolute Gasteiger partial charge is 0.453 e. The van der Waals surface area contributed by atoms with Gasteiger partial charge in [0.1, 0.15) is 11.6 Å². The Hall–Kier alpha value is -3.88. The Morgan fingerprint density at radius 2 is 1.70 bits per heavy atom. The van der Waals surface area contributed by atoms with E-state index in [-0.39, 0.29) is 23.7 Å². The van der Waals surface area contributed by atoms with E-state index >= 15 is 0 Å². The molecule has 9 nitrogen and oxygen atoms in total. The molecule has 2 atom stereocenters. The van der Waals surface area contributed by atoms with E-state index in [4.69, 9.17) is 5.41 Å². The molecule has 0 spiro atoms. The minimum Gasteiger partial charge on any atom is -0.453 e. The first-order valence-electron chi connectivity index (χ1n) is 12.7. The van der Waals surface area contributed by atoms with Gasteiger partial charge < -0.3 is 20.7 Å². The molecule has 3 rings (SSSR count). The number of alkyl carbamates (subject to hydrolysis) is 1. The van der Waals surface area contributed by atoms with Gasteiger partial charge in [-0.1, -0.05) is 74.5 Å². The van der Waals surface area contributed by atoms with E-state index in [1.54, 1.807) is 0 Å². The monoisotopic (exact) mass is 507 g/mol. The summed E-state index contributed by atoms with van der Waals surface area (Å²) in [5, 5.41) is 17.1. The van der Waals surface area contributed by atoms with Crippen molar-refractivity contribution >= 4 is 23.9 Å². The third-order valence-corrected chi connectivity index (χ3v) is 6.38. The summed E-state index contributed by atoms with van der Waals surface area (Å²) in [7, 11) is 1.26. The van der Waals surface area contributed by atoms with Crippen LogP contribution < -0.4 is 16.0 Å². The fourth-order valence-corrected chi connectivity index (χ4v) is 4.65. The zero-order chi connectivity index (χ0) is 26.8. The van der Waals surface area contributed by atoms with E-state index in [0.717, 1.165) is 11.1 Å². The van der Waals surface area contributed by atoms with Crippen LogP contribution in [0.1, 0.15) is 44.2 Å². The van der Waals surface area contributed by atoms with E-state index in [9.17, 15) is 14.4 Å². The molecule has 198 valence electrons. The van der Waals surface area contributed by atoms with Crippen molar-refractivity contribution in [3.63, 3.8) is 0 Å². The fourth-order valence-electron chi connectivity index (χ4n) is 4.65. The number of hydrogen-bond donors (Lipinski definition) is 4. The number of rotatable bonds is 12. The Labute approximate surface area is 218 Å². The second kappa shape index (κ2) is 12.9. The molecule has 9 heteroatoms. The summed E-state index contributed by atoms with van der Waals surface area (Å²) in [5.41, 5.74) is 0.835. The maximum atomic E-state index is 13.5. The molecule has 1 saturated heterocycles. The number of nitrogens with zero attached hydrogens (tertiary/aromatic N) is 1. The zero-order valence-corrected chi connectivity index (χ0v) is 21.8. The van der Waals surface area contributed by atoms with Gasteiger partial charge in [-0.3, -0.25) is 19.9 Å². The highest BCUT2D eigenvalue weighted by Gasteiger charge is 2.50. The average Bonchev–Trinajstić information content (AvgIpc) is 3.13. The van der Waals surface area contributed by atoms with E-state index < -0.39 is 17.7 Å². The maximum absolute atomic E-state index is 13.5. The Morgan fingerprint density at radius 1 is 1.05 bits per heavy atom. The summed E-state index contributed by atoms with van der Waals surface area (Å²) in [6.07, 6.45) is 1.47. The van der Waals surface area contributed by atoms with E-state index in [1.165, 1.54) is 12.0 Å². The van der Waals surface area contributed by atoms with Crippen LogP contribution in [0.15, 0.2) is 60.7 Å². The molecule has 3 amide bonds. The van der Waals surface area contributed by atoms with Gasteiger partial charge in [-0.2, -0.15) is 0 Å². The first kappa shape index (κ1) is 27.7. The van der Waals surface area contributed by atoms with Crippen molar-refractivity contribution in [2.45, 2.75) is 51.1 Å². The molecule has 37 heavy (non-hydrogen) atoms. The predicted molar refractivity (Wildman–Crippen MR) is 142 cm³/mol. The number of benzene rings is 2. The Balaban J connectivity index is 1.54. The lowest BCUT2D eigenvalue weighted by Crippen LogP contribution is -2.48. The second-order valence-electron chi connectivity index (χ2n) is 9.68. The van der Waals surface area contributed by atoms with Gasteiger partial charge in [0.05, 0.1) is 7.11 Å². The van der Waals surface area contributed by atoms with Crippen LogP contribution >= 0.6 is 0 Å². The standard InChI is InChI=1S/C28H37N5O4/c1-20(2)19-28(22-14-8-5-9-15-22)25(35)33(26(29)32-28)17-11-10-16-30-24(34)23(31-27(36)37-3)18-21-12-6-4-7-13-21/h4-9,12-15,20,23H,10-11,16-19H2,1-3H3,(H2,29,32)(H,30,34)(H,31,36)/t23-,28+/m0/s1. The number of guanidine groups is 1. The summed E-state index contributed by atoms with van der Waals surface area (Å²) in [6.45, 7) is 4.89. The van der Waals surface area contributed by atoms with Crippen molar-refractivity contribution in [1.82, 2.24) is 20.9 Å². The van der Waals surface area contributed by atoms with Gasteiger partial charge in [-0.15, -0.1) is 0 Å². The second-order valence-corrected chi connectivity index (χ2v) is 9.68. The lowest BCUT2D eigenvalue weighted by Gasteiger charge is -2.29. The Bertz CT molecular complexity index is 1080. The van der Waals surface area contributed by atoms with Crippen LogP contribution in [0.4, 0.5) is 4.79 Å². The molecule has 0 unspecified atom stereocenters. The molecule has 1 aliphatic rings. The first-order chi connectivity index (χ1) is 17.8. The van der Waals surface area contributed by atoms with Gasteiger partial charge in [0.15, 0.2) is 5.96 Å². The Morgan fingerprint density at radius 3 is 2.32 bits per heavy atom. The predicted octanol–water partition coefficient (Wildman–Crippen LogP) is 3.16. The van der Waals surface area contributed by atoms with Gasteiger partial charge >= 0.3 is 6.09 Å². The first-order valence-corrected chi connectivity index (χ1v) is 12.7. The van der Waals surface area contributed by atoms with Gasteiger partial charge in [0, 0.05) is 19.5 Å². The van der Waals surface area contributed by atoms with Crippen LogP contribution in [0.25, 0.3) is 0 Å². The van der Waals surface area contributed by atoms with Crippen LogP contribution in [0.5, 0.6) is 0 Å². The van der Waals surface area contributed by atoms with E-state index in [0.29, 0.717) is 38.8 Å². The third-order valence-electron chi connectivity index (χ3n) is 6.38.